The summed E-state index contributed by atoms with van der Waals surface area (Å²) in [7, 11) is 0. The molecular formula is C49H74I6N2O7. The largest absolute Gasteiger partial charge is 0.481 e. The van der Waals surface area contributed by atoms with E-state index in [0.717, 1.165) is 122 Å². The van der Waals surface area contributed by atoms with Gasteiger partial charge in [0.2, 0.25) is 0 Å². The van der Waals surface area contributed by atoms with Gasteiger partial charge < -0.3 is 31.9 Å². The normalized spacial score (nSPS) is 13.5. The van der Waals surface area contributed by atoms with E-state index in [9.17, 15) is 24.6 Å². The first kappa shape index (κ1) is 61.1. The molecule has 0 fully saturated rings. The van der Waals surface area contributed by atoms with Gasteiger partial charge in [0.25, 0.3) is 0 Å². The Balaban J connectivity index is 2.03. The van der Waals surface area contributed by atoms with E-state index in [1.165, 1.54) is 77.0 Å². The molecule has 15 heteroatoms. The molecule has 0 spiro atoms. The van der Waals surface area contributed by atoms with Crippen LogP contribution in [0, 0.1) is 21.4 Å². The van der Waals surface area contributed by atoms with Crippen molar-refractivity contribution in [3.8, 4) is 0 Å². The van der Waals surface area contributed by atoms with Crippen LogP contribution in [-0.2, 0) is 14.4 Å². The second kappa shape index (κ2) is 36.0. The molecule has 0 radical (unpaired) electrons. The molecule has 8 N–H and O–H groups in total. The minimum atomic E-state index is -1.40. The smallest absolute Gasteiger partial charge is 0.303 e. The summed E-state index contributed by atoms with van der Waals surface area (Å²) in [6.07, 6.45) is 27.5. The van der Waals surface area contributed by atoms with E-state index >= 15 is 0 Å². The summed E-state index contributed by atoms with van der Waals surface area (Å²) < 4.78 is 5.51. The highest BCUT2D eigenvalue weighted by Crippen LogP contribution is 2.42. The lowest BCUT2D eigenvalue weighted by molar-refractivity contribution is -0.138. The molecule has 0 aromatic heterocycles. The summed E-state index contributed by atoms with van der Waals surface area (Å²) in [5.41, 5.74) is 16.2. The van der Waals surface area contributed by atoms with E-state index in [2.05, 4.69) is 136 Å². The fraction of sp³-hybridized carbons (Fsp3) is 0.694. The minimum absolute atomic E-state index is 0.276. The van der Waals surface area contributed by atoms with Crippen molar-refractivity contribution in [3.63, 3.8) is 0 Å². The van der Waals surface area contributed by atoms with Crippen molar-refractivity contribution >= 4 is 165 Å². The molecule has 4 unspecified atom stereocenters. The molecule has 4 atom stereocenters. The van der Waals surface area contributed by atoms with Gasteiger partial charge in [-0.25, -0.2) is 0 Å². The van der Waals surface area contributed by atoms with Crippen LogP contribution < -0.4 is 11.5 Å². The number of aliphatic hydroxyl groups is 2. The number of Topliss-reactive ketones (excluding diaryl/α,β-unsaturated/α-hetero) is 1. The molecule has 364 valence electrons. The first-order chi connectivity index (χ1) is 30.6. The summed E-state index contributed by atoms with van der Waals surface area (Å²) in [4.78, 5) is 35.9. The molecule has 0 saturated carbocycles. The summed E-state index contributed by atoms with van der Waals surface area (Å²) >= 11 is 13.6. The number of carboxylic acids is 2. The quantitative estimate of drug-likeness (QED) is 0.0216. The van der Waals surface area contributed by atoms with Gasteiger partial charge in [-0.1, -0.05) is 154 Å². The number of carboxylic acid groups (broad SMARTS) is 2. The Kier molecular flexibility index (Phi) is 34.3. The molecule has 2 aromatic rings. The Bertz CT molecular complexity index is 1580. The average Bonchev–Trinajstić information content (AvgIpc) is 3.25. The first-order valence-electron chi connectivity index (χ1n) is 23.8. The van der Waals surface area contributed by atoms with Crippen molar-refractivity contribution in [2.45, 2.75) is 217 Å². The zero-order valence-electron chi connectivity index (χ0n) is 37.6. The summed E-state index contributed by atoms with van der Waals surface area (Å²) in [6.45, 7) is 0. The molecule has 2 aromatic carbocycles. The van der Waals surface area contributed by atoms with Crippen molar-refractivity contribution in [1.29, 1.82) is 0 Å². The number of carbonyl (C=O) groups excluding carboxylic acids is 1. The summed E-state index contributed by atoms with van der Waals surface area (Å²) in [5.74, 6) is -2.96. The third-order valence-corrected chi connectivity index (χ3v) is 18.3. The van der Waals surface area contributed by atoms with E-state index in [4.69, 9.17) is 21.7 Å². The van der Waals surface area contributed by atoms with Gasteiger partial charge in [0.15, 0.2) is 5.78 Å². The number of rotatable bonds is 38. The first-order valence-corrected chi connectivity index (χ1v) is 30.3. The molecule has 0 aliphatic heterocycles. The average molecular weight is 1560 g/mol. The highest BCUT2D eigenvalue weighted by Gasteiger charge is 2.39. The van der Waals surface area contributed by atoms with Gasteiger partial charge in [-0.05, 0) is 184 Å². The van der Waals surface area contributed by atoms with Crippen molar-refractivity contribution < 1.29 is 34.8 Å². The van der Waals surface area contributed by atoms with Crippen LogP contribution in [0.4, 0.5) is 11.4 Å². The van der Waals surface area contributed by atoms with Gasteiger partial charge in [-0.3, -0.25) is 14.4 Å². The van der Waals surface area contributed by atoms with Gasteiger partial charge in [0.05, 0.1) is 11.4 Å². The Labute approximate surface area is 466 Å². The molecule has 0 aliphatic carbocycles. The van der Waals surface area contributed by atoms with Gasteiger partial charge in [-0.2, -0.15) is 0 Å². The van der Waals surface area contributed by atoms with Crippen LogP contribution in [0.15, 0.2) is 12.1 Å². The number of nitrogen functional groups attached to an aromatic ring is 2. The zero-order chi connectivity index (χ0) is 47.4. The molecule has 2 rings (SSSR count). The number of anilines is 2. The highest BCUT2D eigenvalue weighted by molar-refractivity contribution is 14.1. The number of unbranched alkanes of at least 4 members (excludes halogenated alkanes) is 24. The lowest BCUT2D eigenvalue weighted by Gasteiger charge is -2.31. The van der Waals surface area contributed by atoms with E-state index in [1.54, 1.807) is 0 Å². The topological polar surface area (TPSA) is 184 Å². The summed E-state index contributed by atoms with van der Waals surface area (Å²) in [5, 5.41) is 41.9. The molecular weight excluding hydrogens is 1490 g/mol. The SMILES string of the molecule is Nc1c(I)cc(I)c(C(CCCCCCCCCCCCCCCC(=O)O)C(O)C(=O)C(O)C(CCCCCCCCCCCCCCCC(=O)O)c2c(I)cc(I)c(N)c2I)c1I. The van der Waals surface area contributed by atoms with Crippen LogP contribution in [0.3, 0.4) is 0 Å². The number of aliphatic carboxylic acids is 2. The van der Waals surface area contributed by atoms with Gasteiger partial charge in [0.1, 0.15) is 12.2 Å². The lowest BCUT2D eigenvalue weighted by Crippen LogP contribution is -2.40. The second-order valence-electron chi connectivity index (χ2n) is 17.5. The number of halogens is 6. The molecule has 64 heavy (non-hydrogen) atoms. The maximum Gasteiger partial charge on any atom is 0.303 e. The molecule has 0 bridgehead atoms. The van der Waals surface area contributed by atoms with Crippen LogP contribution in [-0.4, -0.2) is 50.4 Å². The third kappa shape index (κ3) is 23.7. The van der Waals surface area contributed by atoms with Crippen molar-refractivity contribution in [2.24, 2.45) is 0 Å². The highest BCUT2D eigenvalue weighted by atomic mass is 127. The maximum atomic E-state index is 14.5. The van der Waals surface area contributed by atoms with Crippen molar-refractivity contribution in [1.82, 2.24) is 0 Å². The van der Waals surface area contributed by atoms with Crippen LogP contribution in [0.5, 0.6) is 0 Å². The molecule has 0 amide bonds. The van der Waals surface area contributed by atoms with Gasteiger partial charge in [-0.15, -0.1) is 0 Å². The van der Waals surface area contributed by atoms with E-state index in [1.807, 2.05) is 12.1 Å². The number of hydrogen-bond donors (Lipinski definition) is 6. The third-order valence-electron chi connectivity index (χ3n) is 12.4. The second-order valence-corrected chi connectivity index (χ2v) is 24.3. The maximum absolute atomic E-state index is 14.5. The number of nitrogens with two attached hydrogens (primary N) is 2. The van der Waals surface area contributed by atoms with Crippen LogP contribution in [0.1, 0.15) is 216 Å². The van der Waals surface area contributed by atoms with Crippen molar-refractivity contribution in [3.05, 3.63) is 44.7 Å². The Morgan fingerprint density at radius 1 is 0.406 bits per heavy atom. The number of hydrogen-bond acceptors (Lipinski definition) is 7. The van der Waals surface area contributed by atoms with Crippen LogP contribution >= 0.6 is 136 Å². The fourth-order valence-electron chi connectivity index (χ4n) is 8.58. The molecule has 9 nitrogen and oxygen atoms in total. The predicted molar refractivity (Wildman–Crippen MR) is 314 cm³/mol. The fourth-order valence-corrected chi connectivity index (χ4v) is 16.9. The lowest BCUT2D eigenvalue weighted by atomic mass is 9.80. The number of ketones is 1. The predicted octanol–water partition coefficient (Wildman–Crippen LogP) is 15.5. The van der Waals surface area contributed by atoms with Gasteiger partial charge in [0, 0.05) is 46.1 Å². The van der Waals surface area contributed by atoms with E-state index < -0.39 is 41.8 Å². The number of benzene rings is 2. The number of carbonyl (C=O) groups is 3. The van der Waals surface area contributed by atoms with E-state index in [0.29, 0.717) is 24.2 Å². The number of aliphatic hydroxyl groups excluding tert-OH is 2. The standard InChI is InChI=1S/C49H74I6N2O7/c50-35-31-37(52)45(56)43(54)41(35)33(27-23-19-15-11-7-3-1-5-9-13-17-21-25-29-39(58)59)47(62)49(64)48(63)34(42-36(51)32-38(53)46(57)44(42)55)28-24-20-16-12-8-4-2-6-10-14-18-22-26-30-40(60)61/h31-34,47-48,62-63H,1-30,56-57H2,(H,58,59)(H,60,61). The summed E-state index contributed by atoms with van der Waals surface area (Å²) in [6, 6.07) is 4.04. The minimum Gasteiger partial charge on any atom is -0.481 e. The molecule has 0 saturated heterocycles. The molecule has 0 aliphatic rings. The Hall–Kier alpha value is 0.950. The Morgan fingerprint density at radius 3 is 0.891 bits per heavy atom. The zero-order valence-corrected chi connectivity index (χ0v) is 50.6. The van der Waals surface area contributed by atoms with Crippen LogP contribution in [0.2, 0.25) is 0 Å². The monoisotopic (exact) mass is 1560 g/mol. The van der Waals surface area contributed by atoms with E-state index in [-0.39, 0.29) is 12.8 Å². The van der Waals surface area contributed by atoms with Gasteiger partial charge >= 0.3 is 11.9 Å². The van der Waals surface area contributed by atoms with Crippen molar-refractivity contribution in [2.75, 3.05) is 11.5 Å². The van der Waals surface area contributed by atoms with Crippen LogP contribution in [0.25, 0.3) is 0 Å². The Morgan fingerprint density at radius 2 is 0.641 bits per heavy atom. The molecule has 0 heterocycles.